The molecule has 0 bridgehead atoms. The minimum Gasteiger partial charge on any atom is -0.123 e. The number of rotatable bonds is 8. The highest BCUT2D eigenvalue weighted by atomic mass is 35.5. The minimum absolute atomic E-state index is 0.400. The molecule has 0 aromatic rings. The summed E-state index contributed by atoms with van der Waals surface area (Å²) in [6.07, 6.45) is 10.5. The molecular weight excluding hydrogens is 168 g/mol. The Morgan fingerprint density at radius 1 is 1.25 bits per heavy atom. The highest BCUT2D eigenvalue weighted by Crippen LogP contribution is 2.15. The van der Waals surface area contributed by atoms with Crippen molar-refractivity contribution in [3.63, 3.8) is 0 Å². The quantitative estimate of drug-likeness (QED) is 0.298. The van der Waals surface area contributed by atoms with Gasteiger partial charge in [-0.05, 0) is 25.7 Å². The summed E-state index contributed by atoms with van der Waals surface area (Å²) < 4.78 is 0. The van der Waals surface area contributed by atoms with Gasteiger partial charge in [0.2, 0.25) is 0 Å². The van der Waals surface area contributed by atoms with Crippen molar-refractivity contribution in [3.8, 4) is 0 Å². The first kappa shape index (κ1) is 12.0. The largest absolute Gasteiger partial charge is 0.123 e. The van der Waals surface area contributed by atoms with E-state index in [9.17, 15) is 0 Å². The number of halogens is 1. The van der Waals surface area contributed by atoms with Gasteiger partial charge < -0.3 is 0 Å². The first-order valence-corrected chi connectivity index (χ1v) is 5.49. The molecule has 72 valence electrons. The van der Waals surface area contributed by atoms with Crippen molar-refractivity contribution in [1.29, 1.82) is 0 Å². The zero-order valence-electron chi connectivity index (χ0n) is 8.19. The van der Waals surface area contributed by atoms with Crippen LogP contribution in [0.15, 0.2) is 12.7 Å². The van der Waals surface area contributed by atoms with Gasteiger partial charge in [0.25, 0.3) is 0 Å². The highest BCUT2D eigenvalue weighted by Gasteiger charge is 2.02. The molecule has 0 fully saturated rings. The Kier molecular flexibility index (Phi) is 9.14. The molecule has 0 aromatic carbocycles. The van der Waals surface area contributed by atoms with Crippen LogP contribution in [0.25, 0.3) is 0 Å². The molecule has 0 nitrogen and oxygen atoms in total. The lowest BCUT2D eigenvalue weighted by atomic mass is 10.1. The monoisotopic (exact) mass is 188 g/mol. The van der Waals surface area contributed by atoms with Crippen molar-refractivity contribution in [2.24, 2.45) is 0 Å². The fourth-order valence-corrected chi connectivity index (χ4v) is 1.55. The lowest BCUT2D eigenvalue weighted by Gasteiger charge is -2.07. The molecule has 0 saturated heterocycles. The Hall–Kier alpha value is 0.0300. The first-order chi connectivity index (χ1) is 5.81. The van der Waals surface area contributed by atoms with Crippen LogP contribution in [-0.4, -0.2) is 5.38 Å². The van der Waals surface area contributed by atoms with E-state index in [0.29, 0.717) is 5.38 Å². The van der Waals surface area contributed by atoms with Gasteiger partial charge in [-0.15, -0.1) is 18.2 Å². The molecule has 0 spiro atoms. The molecule has 0 radical (unpaired) electrons. The summed E-state index contributed by atoms with van der Waals surface area (Å²) in [6.45, 7) is 5.91. The fourth-order valence-electron chi connectivity index (χ4n) is 1.24. The average Bonchev–Trinajstić information content (AvgIpc) is 2.06. The van der Waals surface area contributed by atoms with Gasteiger partial charge in [0.15, 0.2) is 0 Å². The summed E-state index contributed by atoms with van der Waals surface area (Å²) >= 11 is 6.12. The van der Waals surface area contributed by atoms with E-state index in [4.69, 9.17) is 11.6 Å². The maximum atomic E-state index is 6.12. The van der Waals surface area contributed by atoms with Crippen LogP contribution in [0.2, 0.25) is 0 Å². The van der Waals surface area contributed by atoms with Crippen LogP contribution >= 0.6 is 11.6 Å². The van der Waals surface area contributed by atoms with E-state index in [0.717, 1.165) is 12.8 Å². The van der Waals surface area contributed by atoms with Crippen molar-refractivity contribution in [2.45, 2.75) is 57.2 Å². The normalized spacial score (nSPS) is 12.8. The van der Waals surface area contributed by atoms with Crippen LogP contribution in [0, 0.1) is 0 Å². The Morgan fingerprint density at radius 2 is 1.92 bits per heavy atom. The zero-order chi connectivity index (χ0) is 9.23. The highest BCUT2D eigenvalue weighted by molar-refractivity contribution is 6.20. The SMILES string of the molecule is C=CCCCC(Cl)CCCCC. The lowest BCUT2D eigenvalue weighted by Crippen LogP contribution is -1.97. The van der Waals surface area contributed by atoms with Crippen molar-refractivity contribution in [2.75, 3.05) is 0 Å². The second kappa shape index (κ2) is 9.12. The maximum Gasteiger partial charge on any atom is 0.0336 e. The van der Waals surface area contributed by atoms with Gasteiger partial charge in [0, 0.05) is 5.38 Å². The molecule has 0 saturated carbocycles. The molecule has 0 rings (SSSR count). The minimum atomic E-state index is 0.400. The molecular formula is C11H21Cl. The van der Waals surface area contributed by atoms with E-state index in [2.05, 4.69) is 13.5 Å². The summed E-state index contributed by atoms with van der Waals surface area (Å²) in [4.78, 5) is 0. The van der Waals surface area contributed by atoms with Gasteiger partial charge in [-0.2, -0.15) is 0 Å². The summed E-state index contributed by atoms with van der Waals surface area (Å²) in [5, 5.41) is 0.400. The lowest BCUT2D eigenvalue weighted by molar-refractivity contribution is 0.599. The van der Waals surface area contributed by atoms with Crippen LogP contribution in [-0.2, 0) is 0 Å². The second-order valence-corrected chi connectivity index (χ2v) is 3.93. The van der Waals surface area contributed by atoms with E-state index in [-0.39, 0.29) is 0 Å². The van der Waals surface area contributed by atoms with Crippen LogP contribution in [0.3, 0.4) is 0 Å². The molecule has 0 aliphatic carbocycles. The molecule has 12 heavy (non-hydrogen) atoms. The molecule has 0 aromatic heterocycles. The van der Waals surface area contributed by atoms with Crippen LogP contribution in [0.5, 0.6) is 0 Å². The molecule has 0 amide bonds. The number of hydrogen-bond donors (Lipinski definition) is 0. The third kappa shape index (κ3) is 8.13. The Bertz CT molecular complexity index is 99.2. The predicted molar refractivity (Wildman–Crippen MR) is 57.8 cm³/mol. The van der Waals surface area contributed by atoms with Gasteiger partial charge in [-0.25, -0.2) is 0 Å². The third-order valence-electron chi connectivity index (χ3n) is 2.05. The van der Waals surface area contributed by atoms with Gasteiger partial charge in [0.05, 0.1) is 0 Å². The van der Waals surface area contributed by atoms with Gasteiger partial charge in [-0.1, -0.05) is 32.3 Å². The van der Waals surface area contributed by atoms with Crippen molar-refractivity contribution in [3.05, 3.63) is 12.7 Å². The topological polar surface area (TPSA) is 0 Å². The summed E-state index contributed by atoms with van der Waals surface area (Å²) in [7, 11) is 0. The molecule has 0 N–H and O–H groups in total. The number of alkyl halides is 1. The molecule has 0 aliphatic rings. The molecule has 0 heterocycles. The Morgan fingerprint density at radius 3 is 2.50 bits per heavy atom. The third-order valence-corrected chi connectivity index (χ3v) is 2.48. The van der Waals surface area contributed by atoms with Gasteiger partial charge >= 0.3 is 0 Å². The molecule has 1 atom stereocenters. The second-order valence-electron chi connectivity index (χ2n) is 3.31. The van der Waals surface area contributed by atoms with Gasteiger partial charge in [-0.3, -0.25) is 0 Å². The van der Waals surface area contributed by atoms with E-state index >= 15 is 0 Å². The van der Waals surface area contributed by atoms with Crippen LogP contribution in [0.1, 0.15) is 51.9 Å². The van der Waals surface area contributed by atoms with Crippen LogP contribution in [0.4, 0.5) is 0 Å². The molecule has 1 heteroatoms. The summed E-state index contributed by atoms with van der Waals surface area (Å²) in [5.74, 6) is 0. The summed E-state index contributed by atoms with van der Waals surface area (Å²) in [5.41, 5.74) is 0. The summed E-state index contributed by atoms with van der Waals surface area (Å²) in [6, 6.07) is 0. The van der Waals surface area contributed by atoms with Crippen molar-refractivity contribution in [1.82, 2.24) is 0 Å². The predicted octanol–water partition coefficient (Wildman–Crippen LogP) is 4.53. The van der Waals surface area contributed by atoms with E-state index in [1.54, 1.807) is 0 Å². The van der Waals surface area contributed by atoms with Crippen molar-refractivity contribution < 1.29 is 0 Å². The van der Waals surface area contributed by atoms with E-state index < -0.39 is 0 Å². The fraction of sp³-hybridized carbons (Fsp3) is 0.818. The number of unbranched alkanes of at least 4 members (excludes halogenated alkanes) is 3. The van der Waals surface area contributed by atoms with E-state index in [1.807, 2.05) is 6.08 Å². The Labute approximate surface area is 82.0 Å². The first-order valence-electron chi connectivity index (χ1n) is 5.06. The molecule has 1 unspecified atom stereocenters. The average molecular weight is 189 g/mol. The number of allylic oxidation sites excluding steroid dienone is 1. The Balaban J connectivity index is 3.09. The van der Waals surface area contributed by atoms with Crippen LogP contribution < -0.4 is 0 Å². The van der Waals surface area contributed by atoms with Crippen molar-refractivity contribution >= 4 is 11.6 Å². The van der Waals surface area contributed by atoms with E-state index in [1.165, 1.54) is 32.1 Å². The number of hydrogen-bond acceptors (Lipinski definition) is 0. The maximum absolute atomic E-state index is 6.12. The van der Waals surface area contributed by atoms with Gasteiger partial charge in [0.1, 0.15) is 0 Å². The zero-order valence-corrected chi connectivity index (χ0v) is 8.95. The smallest absolute Gasteiger partial charge is 0.0336 e. The standard InChI is InChI=1S/C11H21Cl/c1-3-5-7-9-11(12)10-8-6-4-2/h3,11H,1,4-10H2,2H3. The molecule has 0 aliphatic heterocycles.